The van der Waals surface area contributed by atoms with Gasteiger partial charge in [-0.3, -0.25) is 4.79 Å². The van der Waals surface area contributed by atoms with E-state index in [0.29, 0.717) is 11.3 Å². The number of hydrogen-bond acceptors (Lipinski definition) is 3. The van der Waals surface area contributed by atoms with Crippen LogP contribution in [0.2, 0.25) is 0 Å². The Hall–Kier alpha value is -2.80. The van der Waals surface area contributed by atoms with E-state index in [2.05, 4.69) is 11.4 Å². The lowest BCUT2D eigenvalue weighted by atomic mass is 10.1. The molecule has 0 heterocycles. The van der Waals surface area contributed by atoms with Crippen molar-refractivity contribution in [2.45, 2.75) is 19.9 Å². The molecule has 2 rings (SSSR count). The molecule has 1 unspecified atom stereocenters. The van der Waals surface area contributed by atoms with Crippen LogP contribution in [0.1, 0.15) is 29.7 Å². The van der Waals surface area contributed by atoms with Crippen LogP contribution in [0.25, 0.3) is 0 Å². The SMILES string of the molecule is Cc1ccc(OCC(=O)NC(C)c2ccc(C#N)cc2)cc1. The molecule has 0 aliphatic heterocycles. The number of nitrogens with zero attached hydrogens (tertiary/aromatic N) is 1. The molecule has 0 saturated heterocycles. The molecule has 0 aliphatic rings. The first-order chi connectivity index (χ1) is 10.6. The molecule has 112 valence electrons. The van der Waals surface area contributed by atoms with E-state index < -0.39 is 0 Å². The van der Waals surface area contributed by atoms with Crippen LogP contribution in [0.4, 0.5) is 0 Å². The molecule has 1 atom stereocenters. The zero-order valence-corrected chi connectivity index (χ0v) is 12.7. The molecule has 0 fully saturated rings. The minimum Gasteiger partial charge on any atom is -0.484 e. The normalized spacial score (nSPS) is 11.3. The van der Waals surface area contributed by atoms with Crippen molar-refractivity contribution in [3.05, 3.63) is 65.2 Å². The Morgan fingerprint density at radius 3 is 2.41 bits per heavy atom. The highest BCUT2D eigenvalue weighted by Gasteiger charge is 2.10. The van der Waals surface area contributed by atoms with Crippen molar-refractivity contribution in [1.29, 1.82) is 5.26 Å². The Balaban J connectivity index is 1.85. The van der Waals surface area contributed by atoms with Crippen LogP contribution in [0, 0.1) is 18.3 Å². The van der Waals surface area contributed by atoms with Crippen molar-refractivity contribution in [2.24, 2.45) is 0 Å². The molecule has 22 heavy (non-hydrogen) atoms. The number of nitriles is 1. The van der Waals surface area contributed by atoms with Gasteiger partial charge in [0.1, 0.15) is 5.75 Å². The zero-order chi connectivity index (χ0) is 15.9. The average Bonchev–Trinajstić information content (AvgIpc) is 2.54. The van der Waals surface area contributed by atoms with Gasteiger partial charge >= 0.3 is 0 Å². The average molecular weight is 294 g/mol. The summed E-state index contributed by atoms with van der Waals surface area (Å²) < 4.78 is 5.44. The highest BCUT2D eigenvalue weighted by Crippen LogP contribution is 2.14. The fourth-order valence-electron chi connectivity index (χ4n) is 2.00. The second-order valence-corrected chi connectivity index (χ2v) is 5.12. The van der Waals surface area contributed by atoms with E-state index in [1.807, 2.05) is 50.2 Å². The molecule has 0 radical (unpaired) electrons. The monoisotopic (exact) mass is 294 g/mol. The fourth-order valence-corrected chi connectivity index (χ4v) is 2.00. The summed E-state index contributed by atoms with van der Waals surface area (Å²) in [4.78, 5) is 11.9. The molecule has 1 N–H and O–H groups in total. The largest absolute Gasteiger partial charge is 0.484 e. The molecule has 0 spiro atoms. The third-order valence-electron chi connectivity index (χ3n) is 3.31. The van der Waals surface area contributed by atoms with E-state index in [0.717, 1.165) is 11.1 Å². The number of carbonyl (C=O) groups excluding carboxylic acids is 1. The fraction of sp³-hybridized carbons (Fsp3) is 0.222. The summed E-state index contributed by atoms with van der Waals surface area (Å²) in [6, 6.07) is 16.6. The maximum absolute atomic E-state index is 11.9. The van der Waals surface area contributed by atoms with Gasteiger partial charge in [-0.15, -0.1) is 0 Å². The number of carbonyl (C=O) groups is 1. The van der Waals surface area contributed by atoms with Gasteiger partial charge in [0.25, 0.3) is 5.91 Å². The predicted octanol–water partition coefficient (Wildman–Crippen LogP) is 3.12. The number of aryl methyl sites for hydroxylation is 1. The first kappa shape index (κ1) is 15.6. The molecule has 1 amide bonds. The highest BCUT2D eigenvalue weighted by molar-refractivity contribution is 5.78. The second-order valence-electron chi connectivity index (χ2n) is 5.12. The Kier molecular flexibility index (Phi) is 5.16. The minimum absolute atomic E-state index is 0.0241. The van der Waals surface area contributed by atoms with E-state index >= 15 is 0 Å². The molecular formula is C18H18N2O2. The van der Waals surface area contributed by atoms with Crippen molar-refractivity contribution < 1.29 is 9.53 Å². The maximum atomic E-state index is 11.9. The minimum atomic E-state index is -0.183. The number of nitrogens with one attached hydrogen (secondary N) is 1. The number of ether oxygens (including phenoxy) is 1. The number of rotatable bonds is 5. The smallest absolute Gasteiger partial charge is 0.258 e. The Bertz CT molecular complexity index is 670. The maximum Gasteiger partial charge on any atom is 0.258 e. The van der Waals surface area contributed by atoms with Crippen LogP contribution in [0.15, 0.2) is 48.5 Å². The van der Waals surface area contributed by atoms with Gasteiger partial charge in [0, 0.05) is 0 Å². The Morgan fingerprint density at radius 1 is 1.18 bits per heavy atom. The summed E-state index contributed by atoms with van der Waals surface area (Å²) in [5.74, 6) is 0.490. The molecule has 0 bridgehead atoms. The van der Waals surface area contributed by atoms with Crippen LogP contribution < -0.4 is 10.1 Å². The zero-order valence-electron chi connectivity index (χ0n) is 12.7. The van der Waals surface area contributed by atoms with E-state index in [9.17, 15) is 4.79 Å². The topological polar surface area (TPSA) is 62.1 Å². The summed E-state index contributed by atoms with van der Waals surface area (Å²) in [7, 11) is 0. The molecule has 4 nitrogen and oxygen atoms in total. The first-order valence-corrected chi connectivity index (χ1v) is 7.07. The van der Waals surface area contributed by atoms with Gasteiger partial charge in [-0.1, -0.05) is 29.8 Å². The standard InChI is InChI=1S/C18H18N2O2/c1-13-3-9-17(10-4-13)22-12-18(21)20-14(2)16-7-5-15(11-19)6-8-16/h3-10,14H,12H2,1-2H3,(H,20,21). The lowest BCUT2D eigenvalue weighted by Crippen LogP contribution is -2.31. The molecule has 0 aromatic heterocycles. The lowest BCUT2D eigenvalue weighted by Gasteiger charge is -2.15. The lowest BCUT2D eigenvalue weighted by molar-refractivity contribution is -0.123. The van der Waals surface area contributed by atoms with Gasteiger partial charge in [-0.05, 0) is 43.7 Å². The van der Waals surface area contributed by atoms with Gasteiger partial charge in [0.2, 0.25) is 0 Å². The van der Waals surface area contributed by atoms with Gasteiger partial charge < -0.3 is 10.1 Å². The summed E-state index contributed by atoms with van der Waals surface area (Å²) in [5, 5.41) is 11.6. The van der Waals surface area contributed by atoms with Crippen LogP contribution in [0.3, 0.4) is 0 Å². The summed E-state index contributed by atoms with van der Waals surface area (Å²) in [6.07, 6.45) is 0. The van der Waals surface area contributed by atoms with Crippen LogP contribution in [0.5, 0.6) is 5.75 Å². The molecular weight excluding hydrogens is 276 g/mol. The second kappa shape index (κ2) is 7.28. The number of hydrogen-bond donors (Lipinski definition) is 1. The summed E-state index contributed by atoms with van der Waals surface area (Å²) >= 11 is 0. The molecule has 0 saturated carbocycles. The van der Waals surface area contributed by atoms with Gasteiger partial charge in [-0.2, -0.15) is 5.26 Å². The van der Waals surface area contributed by atoms with Crippen LogP contribution in [-0.2, 0) is 4.79 Å². The summed E-state index contributed by atoms with van der Waals surface area (Å²) in [6.45, 7) is 3.87. The quantitative estimate of drug-likeness (QED) is 0.921. The van der Waals surface area contributed by atoms with Gasteiger partial charge in [-0.25, -0.2) is 0 Å². The number of benzene rings is 2. The molecule has 2 aromatic rings. The highest BCUT2D eigenvalue weighted by atomic mass is 16.5. The van der Waals surface area contributed by atoms with Crippen molar-refractivity contribution >= 4 is 5.91 Å². The van der Waals surface area contributed by atoms with Crippen molar-refractivity contribution in [2.75, 3.05) is 6.61 Å². The Morgan fingerprint density at radius 2 is 1.82 bits per heavy atom. The van der Waals surface area contributed by atoms with E-state index in [4.69, 9.17) is 10.00 Å². The third kappa shape index (κ3) is 4.35. The van der Waals surface area contributed by atoms with Crippen molar-refractivity contribution in [3.8, 4) is 11.8 Å². The molecule has 2 aromatic carbocycles. The van der Waals surface area contributed by atoms with E-state index in [-0.39, 0.29) is 18.6 Å². The van der Waals surface area contributed by atoms with Crippen molar-refractivity contribution in [3.63, 3.8) is 0 Å². The van der Waals surface area contributed by atoms with Crippen molar-refractivity contribution in [1.82, 2.24) is 5.32 Å². The molecule has 0 aliphatic carbocycles. The van der Waals surface area contributed by atoms with Gasteiger partial charge in [0.05, 0.1) is 17.7 Å². The first-order valence-electron chi connectivity index (χ1n) is 7.07. The van der Waals surface area contributed by atoms with Crippen LogP contribution in [-0.4, -0.2) is 12.5 Å². The molecule has 4 heteroatoms. The van der Waals surface area contributed by atoms with Gasteiger partial charge in [0.15, 0.2) is 6.61 Å². The predicted molar refractivity (Wildman–Crippen MR) is 84.4 cm³/mol. The van der Waals surface area contributed by atoms with Crippen LogP contribution >= 0.6 is 0 Å². The number of amides is 1. The van der Waals surface area contributed by atoms with E-state index in [1.54, 1.807) is 12.1 Å². The van der Waals surface area contributed by atoms with E-state index in [1.165, 1.54) is 0 Å². The third-order valence-corrected chi connectivity index (χ3v) is 3.31. The summed E-state index contributed by atoms with van der Waals surface area (Å²) in [5.41, 5.74) is 2.69. The Labute approximate surface area is 130 Å².